The molecule has 2 N–H and O–H groups in total. The summed E-state index contributed by atoms with van der Waals surface area (Å²) in [6, 6.07) is 5.30. The average Bonchev–Trinajstić information content (AvgIpc) is 2.95. The standard InChI is InChI=1S/C20H27N3O4/c1-13(12-23-15(3)8-14(2)22-23)11-21-19(24)7-6-16-9-17(26-4)20(25)18(10-16)27-5/h6-10,13,25H,11-12H2,1-5H3,(H,21,24). The van der Waals surface area contributed by atoms with Crippen LogP contribution >= 0.6 is 0 Å². The highest BCUT2D eigenvalue weighted by Crippen LogP contribution is 2.37. The van der Waals surface area contributed by atoms with Crippen LogP contribution in [0.4, 0.5) is 0 Å². The van der Waals surface area contributed by atoms with Crippen molar-refractivity contribution in [1.29, 1.82) is 0 Å². The maximum Gasteiger partial charge on any atom is 0.244 e. The highest BCUT2D eigenvalue weighted by Gasteiger charge is 2.11. The summed E-state index contributed by atoms with van der Waals surface area (Å²) in [6.07, 6.45) is 3.09. The van der Waals surface area contributed by atoms with Gasteiger partial charge >= 0.3 is 0 Å². The van der Waals surface area contributed by atoms with Crippen LogP contribution in [0.15, 0.2) is 24.3 Å². The number of methoxy groups -OCH3 is 2. The summed E-state index contributed by atoms with van der Waals surface area (Å²) in [7, 11) is 2.91. The minimum atomic E-state index is -0.193. The van der Waals surface area contributed by atoms with Gasteiger partial charge in [-0.3, -0.25) is 9.48 Å². The van der Waals surface area contributed by atoms with Gasteiger partial charge in [0.25, 0.3) is 0 Å². The highest BCUT2D eigenvalue weighted by atomic mass is 16.5. The van der Waals surface area contributed by atoms with E-state index >= 15 is 0 Å². The van der Waals surface area contributed by atoms with Crippen molar-refractivity contribution in [1.82, 2.24) is 15.1 Å². The number of aromatic nitrogens is 2. The molecule has 1 aromatic carbocycles. The first-order chi connectivity index (χ1) is 12.8. The molecule has 0 spiro atoms. The fourth-order valence-electron chi connectivity index (χ4n) is 2.74. The van der Waals surface area contributed by atoms with Crippen molar-refractivity contribution in [2.45, 2.75) is 27.3 Å². The molecule has 2 aromatic rings. The van der Waals surface area contributed by atoms with Gasteiger partial charge in [-0.05, 0) is 49.6 Å². The van der Waals surface area contributed by atoms with Crippen molar-refractivity contribution in [2.75, 3.05) is 20.8 Å². The summed E-state index contributed by atoms with van der Waals surface area (Å²) >= 11 is 0. The Labute approximate surface area is 159 Å². The van der Waals surface area contributed by atoms with Crippen molar-refractivity contribution in [3.05, 3.63) is 41.2 Å². The Morgan fingerprint density at radius 3 is 2.41 bits per heavy atom. The van der Waals surface area contributed by atoms with E-state index in [1.54, 1.807) is 18.2 Å². The van der Waals surface area contributed by atoms with E-state index in [9.17, 15) is 9.90 Å². The first-order valence-corrected chi connectivity index (χ1v) is 8.76. The zero-order chi connectivity index (χ0) is 20.0. The third kappa shape index (κ3) is 5.51. The maximum atomic E-state index is 12.1. The van der Waals surface area contributed by atoms with Crippen molar-refractivity contribution in [2.24, 2.45) is 5.92 Å². The molecule has 1 aromatic heterocycles. The number of hydrogen-bond donors (Lipinski definition) is 2. The minimum Gasteiger partial charge on any atom is -0.502 e. The lowest BCUT2D eigenvalue weighted by molar-refractivity contribution is -0.116. The molecular weight excluding hydrogens is 346 g/mol. The van der Waals surface area contributed by atoms with E-state index < -0.39 is 0 Å². The van der Waals surface area contributed by atoms with E-state index in [0.29, 0.717) is 12.1 Å². The molecule has 0 saturated carbocycles. The molecule has 0 aliphatic carbocycles. The van der Waals surface area contributed by atoms with Crippen LogP contribution in [0.3, 0.4) is 0 Å². The van der Waals surface area contributed by atoms with Gasteiger partial charge in [-0.2, -0.15) is 5.10 Å². The van der Waals surface area contributed by atoms with Crippen LogP contribution in [0.2, 0.25) is 0 Å². The van der Waals surface area contributed by atoms with E-state index in [4.69, 9.17) is 9.47 Å². The second kappa shape index (κ2) is 9.12. The summed E-state index contributed by atoms with van der Waals surface area (Å²) in [5.74, 6) is 0.552. The SMILES string of the molecule is COc1cc(C=CC(=O)NCC(C)Cn2nc(C)cc2C)cc(OC)c1O. The zero-order valence-electron chi connectivity index (χ0n) is 16.4. The molecule has 2 rings (SSSR count). The molecule has 0 fully saturated rings. The number of phenols is 1. The predicted octanol–water partition coefficient (Wildman–Crippen LogP) is 2.69. The van der Waals surface area contributed by atoms with Gasteiger partial charge in [0.05, 0.1) is 19.9 Å². The van der Waals surface area contributed by atoms with Gasteiger partial charge < -0.3 is 19.9 Å². The number of phenolic OH excluding ortho intramolecular Hbond substituents is 1. The Hall–Kier alpha value is -2.96. The summed E-state index contributed by atoms with van der Waals surface area (Å²) in [6.45, 7) is 7.35. The monoisotopic (exact) mass is 373 g/mol. The molecule has 0 radical (unpaired) electrons. The van der Waals surface area contributed by atoms with Crippen LogP contribution in [-0.4, -0.2) is 41.6 Å². The summed E-state index contributed by atoms with van der Waals surface area (Å²) in [4.78, 5) is 12.1. The first kappa shape index (κ1) is 20.4. The summed E-state index contributed by atoms with van der Waals surface area (Å²) in [5.41, 5.74) is 2.79. The first-order valence-electron chi connectivity index (χ1n) is 8.76. The number of aryl methyl sites for hydroxylation is 2. The number of carbonyl (C=O) groups excluding carboxylic acids is 1. The van der Waals surface area contributed by atoms with Crippen molar-refractivity contribution >= 4 is 12.0 Å². The van der Waals surface area contributed by atoms with Crippen molar-refractivity contribution in [3.63, 3.8) is 0 Å². The normalized spacial score (nSPS) is 12.2. The number of aromatic hydroxyl groups is 1. The maximum absolute atomic E-state index is 12.1. The topological polar surface area (TPSA) is 85.6 Å². The Morgan fingerprint density at radius 1 is 1.26 bits per heavy atom. The third-order valence-corrected chi connectivity index (χ3v) is 4.14. The largest absolute Gasteiger partial charge is 0.502 e. The Balaban J connectivity index is 1.92. The number of amides is 1. The van der Waals surface area contributed by atoms with Crippen LogP contribution in [0.1, 0.15) is 23.9 Å². The van der Waals surface area contributed by atoms with E-state index in [0.717, 1.165) is 17.9 Å². The van der Waals surface area contributed by atoms with Crippen LogP contribution in [0.5, 0.6) is 17.2 Å². The van der Waals surface area contributed by atoms with Crippen LogP contribution in [-0.2, 0) is 11.3 Å². The van der Waals surface area contributed by atoms with Crippen molar-refractivity contribution in [3.8, 4) is 17.2 Å². The highest BCUT2D eigenvalue weighted by molar-refractivity contribution is 5.91. The van der Waals surface area contributed by atoms with Crippen LogP contribution in [0.25, 0.3) is 6.08 Å². The van der Waals surface area contributed by atoms with Gasteiger partial charge in [0.2, 0.25) is 11.7 Å². The second-order valence-electron chi connectivity index (χ2n) is 6.57. The van der Waals surface area contributed by atoms with E-state index in [1.165, 1.54) is 20.3 Å². The lowest BCUT2D eigenvalue weighted by Gasteiger charge is -2.13. The van der Waals surface area contributed by atoms with Crippen molar-refractivity contribution < 1.29 is 19.4 Å². The molecule has 1 atom stereocenters. The molecule has 7 heteroatoms. The molecule has 146 valence electrons. The molecule has 1 amide bonds. The number of rotatable bonds is 8. The van der Waals surface area contributed by atoms with Gasteiger partial charge in [0, 0.05) is 24.9 Å². The number of ether oxygens (including phenoxy) is 2. The Kier molecular flexibility index (Phi) is 6.87. The van der Waals surface area contributed by atoms with E-state index in [2.05, 4.69) is 17.3 Å². The second-order valence-corrected chi connectivity index (χ2v) is 6.57. The fraction of sp³-hybridized carbons (Fsp3) is 0.400. The number of nitrogens with one attached hydrogen (secondary N) is 1. The van der Waals surface area contributed by atoms with E-state index in [1.807, 2.05) is 24.6 Å². The number of benzene rings is 1. The molecule has 1 unspecified atom stereocenters. The molecule has 7 nitrogen and oxygen atoms in total. The molecule has 0 aliphatic rings. The molecular formula is C20H27N3O4. The Bertz CT molecular complexity index is 802. The lowest BCUT2D eigenvalue weighted by atomic mass is 10.1. The number of hydrogen-bond acceptors (Lipinski definition) is 5. The third-order valence-electron chi connectivity index (χ3n) is 4.14. The van der Waals surface area contributed by atoms with Crippen LogP contribution < -0.4 is 14.8 Å². The molecule has 0 bridgehead atoms. The summed E-state index contributed by atoms with van der Waals surface area (Å²) in [5, 5.41) is 17.2. The van der Waals surface area contributed by atoms with Gasteiger partial charge in [-0.25, -0.2) is 0 Å². The summed E-state index contributed by atoms with van der Waals surface area (Å²) < 4.78 is 12.2. The van der Waals surface area contributed by atoms with Gasteiger partial charge in [-0.1, -0.05) is 6.92 Å². The van der Waals surface area contributed by atoms with Gasteiger partial charge in [-0.15, -0.1) is 0 Å². The smallest absolute Gasteiger partial charge is 0.244 e. The average molecular weight is 373 g/mol. The molecule has 1 heterocycles. The number of nitrogens with zero attached hydrogens (tertiary/aromatic N) is 2. The molecule has 27 heavy (non-hydrogen) atoms. The van der Waals surface area contributed by atoms with Crippen LogP contribution in [0, 0.1) is 19.8 Å². The zero-order valence-corrected chi connectivity index (χ0v) is 16.4. The number of carbonyl (C=O) groups is 1. The van der Waals surface area contributed by atoms with Gasteiger partial charge in [0.1, 0.15) is 0 Å². The van der Waals surface area contributed by atoms with Gasteiger partial charge in [0.15, 0.2) is 11.5 Å². The molecule has 0 saturated heterocycles. The predicted molar refractivity (Wildman–Crippen MR) is 104 cm³/mol. The minimum absolute atomic E-state index is 0.0698. The molecule has 0 aliphatic heterocycles. The lowest BCUT2D eigenvalue weighted by Crippen LogP contribution is -2.29. The fourth-order valence-corrected chi connectivity index (χ4v) is 2.74. The van der Waals surface area contributed by atoms with E-state index in [-0.39, 0.29) is 29.1 Å². The Morgan fingerprint density at radius 2 is 1.89 bits per heavy atom. The quantitative estimate of drug-likeness (QED) is 0.695.